The first-order chi connectivity index (χ1) is 17.0. The Kier molecular flexibility index (Phi) is 7.99. The maximum atomic E-state index is 13.2. The Morgan fingerprint density at radius 3 is 2.46 bits per heavy atom. The van der Waals surface area contributed by atoms with Crippen LogP contribution in [0.2, 0.25) is 0 Å². The molecule has 0 unspecified atom stereocenters. The summed E-state index contributed by atoms with van der Waals surface area (Å²) in [6.07, 6.45) is 4.35. The topological polar surface area (TPSA) is 84.1 Å². The maximum absolute atomic E-state index is 13.2. The highest BCUT2D eigenvalue weighted by atomic mass is 32.2. The molecular formula is C26H29N5O3S. The third-order valence-corrected chi connectivity index (χ3v) is 6.77. The van der Waals surface area contributed by atoms with Crippen LogP contribution in [-0.2, 0) is 11.3 Å². The summed E-state index contributed by atoms with van der Waals surface area (Å²) in [4.78, 5) is 17.3. The molecule has 0 saturated carbocycles. The number of ether oxygens (including phenoxy) is 2. The van der Waals surface area contributed by atoms with Crippen LogP contribution in [0.15, 0.2) is 60.0 Å². The second-order valence-corrected chi connectivity index (χ2v) is 9.01. The molecule has 0 radical (unpaired) electrons. The van der Waals surface area contributed by atoms with E-state index in [0.717, 1.165) is 46.9 Å². The lowest BCUT2D eigenvalue weighted by Gasteiger charge is -2.11. The van der Waals surface area contributed by atoms with Gasteiger partial charge in [-0.1, -0.05) is 11.8 Å². The minimum Gasteiger partial charge on any atom is -0.497 e. The molecular weight excluding hydrogens is 462 g/mol. The Labute approximate surface area is 209 Å². The molecule has 0 amide bonds. The highest BCUT2D eigenvalue weighted by molar-refractivity contribution is 7.99. The number of pyridine rings is 1. The van der Waals surface area contributed by atoms with E-state index in [-0.39, 0.29) is 11.5 Å². The van der Waals surface area contributed by atoms with Crippen LogP contribution in [-0.4, -0.2) is 56.7 Å². The third-order valence-electron chi connectivity index (χ3n) is 5.84. The lowest BCUT2D eigenvalue weighted by Crippen LogP contribution is -2.08. The van der Waals surface area contributed by atoms with Crippen molar-refractivity contribution in [2.45, 2.75) is 32.0 Å². The molecule has 9 heteroatoms. The van der Waals surface area contributed by atoms with Gasteiger partial charge in [0.25, 0.3) is 0 Å². The number of thioether (sulfide) groups is 1. The van der Waals surface area contributed by atoms with Gasteiger partial charge in [-0.05, 0) is 62.7 Å². The third kappa shape index (κ3) is 5.47. The number of aryl methyl sites for hydroxylation is 1. The first-order valence-electron chi connectivity index (χ1n) is 11.4. The van der Waals surface area contributed by atoms with Crippen LogP contribution in [0.1, 0.15) is 28.2 Å². The van der Waals surface area contributed by atoms with Crippen molar-refractivity contribution in [1.29, 1.82) is 0 Å². The van der Waals surface area contributed by atoms with Gasteiger partial charge in [-0.15, -0.1) is 10.2 Å². The van der Waals surface area contributed by atoms with Gasteiger partial charge in [-0.2, -0.15) is 0 Å². The molecule has 0 aliphatic rings. The van der Waals surface area contributed by atoms with Gasteiger partial charge in [0, 0.05) is 60.9 Å². The van der Waals surface area contributed by atoms with Gasteiger partial charge < -0.3 is 14.0 Å². The minimum atomic E-state index is 0.0656. The average Bonchev–Trinajstić information content (AvgIpc) is 3.44. The van der Waals surface area contributed by atoms with Gasteiger partial charge >= 0.3 is 0 Å². The van der Waals surface area contributed by atoms with E-state index in [1.807, 2.05) is 60.9 Å². The SMILES string of the molecule is COCCCn1c(C)cc(C(=O)CSc2nnc(-c3ccncc3)n2-c2ccc(OC)cc2)c1C. The highest BCUT2D eigenvalue weighted by Gasteiger charge is 2.20. The fourth-order valence-corrected chi connectivity index (χ4v) is 4.85. The van der Waals surface area contributed by atoms with Crippen molar-refractivity contribution in [1.82, 2.24) is 24.3 Å². The fourth-order valence-electron chi connectivity index (χ4n) is 4.02. The van der Waals surface area contributed by atoms with Crippen molar-refractivity contribution in [3.8, 4) is 22.8 Å². The van der Waals surface area contributed by atoms with Crippen molar-refractivity contribution in [3.63, 3.8) is 0 Å². The second kappa shape index (κ2) is 11.3. The first kappa shape index (κ1) is 24.7. The number of rotatable bonds is 11. The fraction of sp³-hybridized carbons (Fsp3) is 0.308. The number of carbonyl (C=O) groups is 1. The molecule has 0 aliphatic heterocycles. The Bertz CT molecular complexity index is 1280. The quantitative estimate of drug-likeness (QED) is 0.170. The van der Waals surface area contributed by atoms with Crippen molar-refractivity contribution >= 4 is 17.5 Å². The molecule has 0 spiro atoms. The van der Waals surface area contributed by atoms with Gasteiger partial charge in [-0.25, -0.2) is 0 Å². The minimum absolute atomic E-state index is 0.0656. The number of methoxy groups -OCH3 is 2. The number of benzene rings is 1. The maximum Gasteiger partial charge on any atom is 0.196 e. The summed E-state index contributed by atoms with van der Waals surface area (Å²) in [5.41, 5.74) is 4.58. The molecule has 1 aromatic carbocycles. The predicted molar refractivity (Wildman–Crippen MR) is 137 cm³/mol. The van der Waals surface area contributed by atoms with Gasteiger partial charge in [0.05, 0.1) is 12.9 Å². The molecule has 0 atom stereocenters. The zero-order valence-electron chi connectivity index (χ0n) is 20.4. The molecule has 8 nitrogen and oxygen atoms in total. The van der Waals surface area contributed by atoms with Crippen molar-refractivity contribution < 1.29 is 14.3 Å². The molecule has 0 saturated heterocycles. The van der Waals surface area contributed by atoms with Gasteiger partial charge in [0.2, 0.25) is 0 Å². The van der Waals surface area contributed by atoms with Crippen LogP contribution in [0.5, 0.6) is 5.75 Å². The Morgan fingerprint density at radius 1 is 1.03 bits per heavy atom. The second-order valence-electron chi connectivity index (χ2n) is 8.07. The molecule has 0 aliphatic carbocycles. The van der Waals surface area contributed by atoms with Crippen LogP contribution >= 0.6 is 11.8 Å². The summed E-state index contributed by atoms with van der Waals surface area (Å²) in [6.45, 7) is 5.55. The molecule has 0 N–H and O–H groups in total. The molecule has 4 rings (SSSR count). The van der Waals surface area contributed by atoms with Gasteiger partial charge in [-0.3, -0.25) is 14.3 Å². The zero-order valence-corrected chi connectivity index (χ0v) is 21.2. The average molecular weight is 492 g/mol. The van der Waals surface area contributed by atoms with Crippen LogP contribution in [0, 0.1) is 13.8 Å². The van der Waals surface area contributed by atoms with E-state index in [9.17, 15) is 4.79 Å². The number of hydrogen-bond acceptors (Lipinski definition) is 7. The lowest BCUT2D eigenvalue weighted by atomic mass is 10.2. The molecule has 182 valence electrons. The summed E-state index contributed by atoms with van der Waals surface area (Å²) >= 11 is 1.38. The van der Waals surface area contributed by atoms with E-state index < -0.39 is 0 Å². The Hall–Kier alpha value is -3.43. The van der Waals surface area contributed by atoms with E-state index in [4.69, 9.17) is 9.47 Å². The van der Waals surface area contributed by atoms with Gasteiger partial charge in [0.1, 0.15) is 5.75 Å². The summed E-state index contributed by atoms with van der Waals surface area (Å²) in [5, 5.41) is 9.51. The highest BCUT2D eigenvalue weighted by Crippen LogP contribution is 2.29. The van der Waals surface area contributed by atoms with Crippen molar-refractivity contribution in [2.75, 3.05) is 26.6 Å². The Morgan fingerprint density at radius 2 is 1.77 bits per heavy atom. The molecule has 35 heavy (non-hydrogen) atoms. The van der Waals surface area contributed by atoms with Gasteiger partial charge in [0.15, 0.2) is 16.8 Å². The standard InChI is InChI=1S/C26H29N5O3S/c1-18-16-23(19(2)30(18)14-5-15-33-3)24(32)17-35-26-29-28-25(20-10-12-27-13-11-20)31(26)21-6-8-22(34-4)9-7-21/h6-13,16H,5,14-15,17H2,1-4H3. The van der Waals surface area contributed by atoms with E-state index in [1.165, 1.54) is 11.8 Å². The van der Waals surface area contributed by atoms with E-state index in [0.29, 0.717) is 17.6 Å². The van der Waals surface area contributed by atoms with E-state index in [2.05, 4.69) is 19.7 Å². The zero-order chi connectivity index (χ0) is 24.8. The molecule has 4 aromatic rings. The number of Topliss-reactive ketones (excluding diaryl/α,β-unsaturated/α-hetero) is 1. The first-order valence-corrected chi connectivity index (χ1v) is 12.3. The molecule has 0 bridgehead atoms. The van der Waals surface area contributed by atoms with Crippen LogP contribution in [0.4, 0.5) is 0 Å². The van der Waals surface area contributed by atoms with E-state index in [1.54, 1.807) is 26.6 Å². The van der Waals surface area contributed by atoms with E-state index >= 15 is 0 Å². The molecule has 3 aromatic heterocycles. The number of hydrogen-bond donors (Lipinski definition) is 0. The van der Waals surface area contributed by atoms with Crippen LogP contribution in [0.25, 0.3) is 17.1 Å². The van der Waals surface area contributed by atoms with Crippen LogP contribution in [0.3, 0.4) is 0 Å². The summed E-state index contributed by atoms with van der Waals surface area (Å²) in [6, 6.07) is 13.4. The Balaban J connectivity index is 1.59. The molecule has 3 heterocycles. The predicted octanol–water partition coefficient (Wildman–Crippen LogP) is 4.77. The number of ketones is 1. The van der Waals surface area contributed by atoms with Crippen molar-refractivity contribution in [2.24, 2.45) is 0 Å². The normalized spacial score (nSPS) is 11.1. The monoisotopic (exact) mass is 491 g/mol. The smallest absolute Gasteiger partial charge is 0.196 e. The van der Waals surface area contributed by atoms with Crippen LogP contribution < -0.4 is 4.74 Å². The lowest BCUT2D eigenvalue weighted by molar-refractivity contribution is 0.102. The molecule has 0 fully saturated rings. The summed E-state index contributed by atoms with van der Waals surface area (Å²) in [5.74, 6) is 1.77. The number of aromatic nitrogens is 5. The number of nitrogens with zero attached hydrogens (tertiary/aromatic N) is 5. The number of carbonyl (C=O) groups excluding carboxylic acids is 1. The van der Waals surface area contributed by atoms with Crippen molar-refractivity contribution in [3.05, 3.63) is 71.8 Å². The summed E-state index contributed by atoms with van der Waals surface area (Å²) < 4.78 is 14.6. The summed E-state index contributed by atoms with van der Waals surface area (Å²) in [7, 11) is 3.34. The largest absolute Gasteiger partial charge is 0.497 e.